The van der Waals surface area contributed by atoms with E-state index in [1.165, 1.54) is 6.92 Å². The molecular formula is C53H90O22. The fourth-order valence-corrected chi connectivity index (χ4v) is 16.1. The molecule has 4 heterocycles. The first-order valence-electron chi connectivity index (χ1n) is 27.2. The molecule has 4 aliphatic heterocycles. The maximum absolute atomic E-state index is 12.9. The predicted octanol–water partition coefficient (Wildman–Crippen LogP) is -1.57. The van der Waals surface area contributed by atoms with E-state index >= 15 is 0 Å². The zero-order valence-electron chi connectivity index (χ0n) is 44.9. The van der Waals surface area contributed by atoms with Crippen LogP contribution in [0.25, 0.3) is 0 Å². The van der Waals surface area contributed by atoms with Crippen LogP contribution in [0.4, 0.5) is 0 Å². The highest BCUT2D eigenvalue weighted by atomic mass is 16.8. The van der Waals surface area contributed by atoms with Gasteiger partial charge in [-0.1, -0.05) is 46.3 Å². The number of aliphatic hydroxyl groups is 14. The smallest absolute Gasteiger partial charge is 0.187 e. The van der Waals surface area contributed by atoms with Crippen molar-refractivity contribution in [2.75, 3.05) is 19.8 Å². The Morgan fingerprint density at radius 1 is 0.627 bits per heavy atom. The van der Waals surface area contributed by atoms with Gasteiger partial charge < -0.3 is 109 Å². The summed E-state index contributed by atoms with van der Waals surface area (Å²) in [5.74, 6) is -1.36. The number of hydrogen-bond donors (Lipinski definition) is 14. The molecule has 4 saturated carbocycles. The van der Waals surface area contributed by atoms with E-state index in [1.807, 2.05) is 34.6 Å². The van der Waals surface area contributed by atoms with Crippen LogP contribution in [-0.4, -0.2) is 232 Å². The van der Waals surface area contributed by atoms with Crippen molar-refractivity contribution in [2.24, 2.45) is 45.3 Å². The van der Waals surface area contributed by atoms with Gasteiger partial charge in [-0.05, 0) is 124 Å². The zero-order valence-corrected chi connectivity index (χ0v) is 44.9. The Kier molecular flexibility index (Phi) is 17.8. The second-order valence-electron chi connectivity index (χ2n) is 25.4. The lowest BCUT2D eigenvalue weighted by atomic mass is 9.34. The van der Waals surface area contributed by atoms with Gasteiger partial charge in [0.25, 0.3) is 0 Å². The Bertz CT molecular complexity index is 1960. The SMILES string of the molecule is CC(C)=CCCC(C)(OC1OC(COC2OC(CO)C(O)C2O)C(O)C(O)C1O)C1CCC2(C)C1C(O)CC1C3(C)CCC(O)C(C)(C)C3C(OC3OC(CO)C(O)C(O)C3OC3OC(C)C(O)C(O)C3O)CC12C. The first-order valence-corrected chi connectivity index (χ1v) is 27.2. The van der Waals surface area contributed by atoms with E-state index in [-0.39, 0.29) is 11.8 Å². The maximum atomic E-state index is 12.9. The first-order chi connectivity index (χ1) is 35.0. The monoisotopic (exact) mass is 1080 g/mol. The van der Waals surface area contributed by atoms with Crippen LogP contribution in [0.5, 0.6) is 0 Å². The third-order valence-corrected chi connectivity index (χ3v) is 20.4. The van der Waals surface area contributed by atoms with Gasteiger partial charge in [-0.15, -0.1) is 0 Å². The van der Waals surface area contributed by atoms with Gasteiger partial charge in [-0.3, -0.25) is 0 Å². The summed E-state index contributed by atoms with van der Waals surface area (Å²) in [6.45, 7) is 16.2. The molecule has 22 heteroatoms. The van der Waals surface area contributed by atoms with Crippen molar-refractivity contribution in [3.63, 3.8) is 0 Å². The molecule has 0 aromatic carbocycles. The number of rotatable bonds is 15. The predicted molar refractivity (Wildman–Crippen MR) is 260 cm³/mol. The topological polar surface area (TPSA) is 357 Å². The standard InChI is InChI=1S/C53H90O22/c1-22(2)11-10-14-53(9,75-47-42(67)38(63)36(61)29(73-47)21-68-45-40(65)35(60)28(20-55)71-45)24-12-16-51(7)32(24)25(56)17-30-50(6)15-13-31(57)49(4,5)44(50)26(18-52(30,51)8)70-48-43(39(64)34(59)27(19-54)72-48)74-46-41(66)37(62)33(58)23(3)69-46/h11,23-48,54-67H,10,12-21H2,1-9H3. The van der Waals surface area contributed by atoms with Crippen LogP contribution in [0.1, 0.15) is 114 Å². The van der Waals surface area contributed by atoms with Gasteiger partial charge in [-0.2, -0.15) is 0 Å². The molecular weight excluding hydrogens is 989 g/mol. The molecule has 0 aromatic rings. The Hall–Kier alpha value is -1.14. The quantitative estimate of drug-likeness (QED) is 0.0651. The summed E-state index contributed by atoms with van der Waals surface area (Å²) >= 11 is 0. The Morgan fingerprint density at radius 3 is 1.84 bits per heavy atom. The van der Waals surface area contributed by atoms with Crippen molar-refractivity contribution in [1.29, 1.82) is 0 Å². The number of aliphatic hydroxyl groups excluding tert-OH is 14. The Morgan fingerprint density at radius 2 is 1.20 bits per heavy atom. The average Bonchev–Trinajstić information content (AvgIpc) is 3.87. The highest BCUT2D eigenvalue weighted by Gasteiger charge is 2.74. The van der Waals surface area contributed by atoms with E-state index in [0.29, 0.717) is 51.4 Å². The second-order valence-corrected chi connectivity index (χ2v) is 25.4. The first kappa shape index (κ1) is 60.0. The van der Waals surface area contributed by atoms with Crippen LogP contribution in [0.3, 0.4) is 0 Å². The molecule has 8 rings (SSSR count). The summed E-state index contributed by atoms with van der Waals surface area (Å²) in [6, 6.07) is 0. The van der Waals surface area contributed by atoms with Crippen LogP contribution >= 0.6 is 0 Å². The number of fused-ring (bicyclic) bond motifs is 5. The molecule has 434 valence electrons. The minimum Gasteiger partial charge on any atom is -0.394 e. The summed E-state index contributed by atoms with van der Waals surface area (Å²) in [7, 11) is 0. The van der Waals surface area contributed by atoms with E-state index < -0.39 is 194 Å². The molecule has 22 nitrogen and oxygen atoms in total. The van der Waals surface area contributed by atoms with Crippen LogP contribution < -0.4 is 0 Å². The van der Waals surface area contributed by atoms with Crippen molar-refractivity contribution in [3.8, 4) is 0 Å². The molecule has 0 radical (unpaired) electrons. The summed E-state index contributed by atoms with van der Waals surface area (Å²) < 4.78 is 49.8. The molecule has 30 atom stereocenters. The van der Waals surface area contributed by atoms with Crippen molar-refractivity contribution in [2.45, 2.75) is 254 Å². The minimum atomic E-state index is -1.77. The molecule has 8 fully saturated rings. The Labute approximate surface area is 439 Å². The molecule has 4 aliphatic carbocycles. The molecule has 8 aliphatic rings. The maximum Gasteiger partial charge on any atom is 0.187 e. The summed E-state index contributed by atoms with van der Waals surface area (Å²) in [5, 5.41) is 155. The van der Waals surface area contributed by atoms with E-state index in [4.69, 9.17) is 37.9 Å². The van der Waals surface area contributed by atoms with E-state index in [0.717, 1.165) is 5.57 Å². The number of allylic oxidation sites excluding steroid dienone is 2. The van der Waals surface area contributed by atoms with Crippen LogP contribution in [0.15, 0.2) is 11.6 Å². The van der Waals surface area contributed by atoms with Crippen molar-refractivity contribution in [3.05, 3.63) is 11.6 Å². The largest absolute Gasteiger partial charge is 0.394 e. The van der Waals surface area contributed by atoms with E-state index in [9.17, 15) is 71.5 Å². The fraction of sp³-hybridized carbons (Fsp3) is 0.962. The molecule has 0 aromatic heterocycles. The van der Waals surface area contributed by atoms with Crippen LogP contribution in [0.2, 0.25) is 0 Å². The Balaban J connectivity index is 1.12. The van der Waals surface area contributed by atoms with Gasteiger partial charge in [0.05, 0.1) is 49.8 Å². The highest BCUT2D eigenvalue weighted by molar-refractivity contribution is 5.22. The third-order valence-electron chi connectivity index (χ3n) is 20.4. The lowest BCUT2D eigenvalue weighted by Crippen LogP contribution is -2.71. The fourth-order valence-electron chi connectivity index (χ4n) is 16.1. The van der Waals surface area contributed by atoms with Gasteiger partial charge in [0.15, 0.2) is 25.2 Å². The van der Waals surface area contributed by atoms with Gasteiger partial charge in [0.2, 0.25) is 0 Å². The molecule has 0 amide bonds. The van der Waals surface area contributed by atoms with Crippen molar-refractivity contribution < 1.29 is 109 Å². The van der Waals surface area contributed by atoms with Gasteiger partial charge in [0, 0.05) is 0 Å². The zero-order chi connectivity index (χ0) is 55.2. The van der Waals surface area contributed by atoms with Crippen molar-refractivity contribution >= 4 is 0 Å². The lowest BCUT2D eigenvalue weighted by molar-refractivity contribution is -0.382. The minimum absolute atomic E-state index is 0.136. The molecule has 0 bridgehead atoms. The van der Waals surface area contributed by atoms with Gasteiger partial charge in [-0.25, -0.2) is 0 Å². The lowest BCUT2D eigenvalue weighted by Gasteiger charge is -2.72. The summed E-state index contributed by atoms with van der Waals surface area (Å²) in [5.41, 5.74) is -2.78. The normalized spacial score (nSPS) is 53.6. The number of ether oxygens (including phenoxy) is 8. The van der Waals surface area contributed by atoms with Crippen LogP contribution in [-0.2, 0) is 37.9 Å². The third kappa shape index (κ3) is 10.4. The summed E-state index contributed by atoms with van der Waals surface area (Å²) in [4.78, 5) is 0. The highest BCUT2D eigenvalue weighted by Crippen LogP contribution is 2.76. The summed E-state index contributed by atoms with van der Waals surface area (Å²) in [6.07, 6.45) is -25.3. The average molecular weight is 1080 g/mol. The number of hydrogen-bond acceptors (Lipinski definition) is 22. The van der Waals surface area contributed by atoms with Gasteiger partial charge >= 0.3 is 0 Å². The molecule has 30 unspecified atom stereocenters. The van der Waals surface area contributed by atoms with Crippen LogP contribution in [0, 0.1) is 45.3 Å². The molecule has 75 heavy (non-hydrogen) atoms. The molecule has 4 saturated heterocycles. The molecule has 14 N–H and O–H groups in total. The van der Waals surface area contributed by atoms with Gasteiger partial charge in [0.1, 0.15) is 85.5 Å². The van der Waals surface area contributed by atoms with E-state index in [2.05, 4.69) is 26.8 Å². The van der Waals surface area contributed by atoms with E-state index in [1.54, 1.807) is 0 Å². The molecule has 0 spiro atoms. The van der Waals surface area contributed by atoms with Crippen molar-refractivity contribution in [1.82, 2.24) is 0 Å². The second kappa shape index (κ2) is 22.3.